The van der Waals surface area contributed by atoms with Crippen LogP contribution in [-0.2, 0) is 14.1 Å². The van der Waals surface area contributed by atoms with Crippen molar-refractivity contribution in [2.75, 3.05) is 0 Å². The summed E-state index contributed by atoms with van der Waals surface area (Å²) in [6, 6.07) is 6.30. The number of fused-ring (bicyclic) bond motifs is 1. The fourth-order valence-electron chi connectivity index (χ4n) is 2.04. The molecule has 0 saturated carbocycles. The molecule has 0 bridgehead atoms. The van der Waals surface area contributed by atoms with Crippen LogP contribution in [0.1, 0.15) is 5.69 Å². The highest BCUT2D eigenvalue weighted by Crippen LogP contribution is 2.22. The Balaban J connectivity index is 2.22. The van der Waals surface area contributed by atoms with Gasteiger partial charge in [0, 0.05) is 36.9 Å². The molecule has 0 aliphatic heterocycles. The van der Waals surface area contributed by atoms with Gasteiger partial charge in [0.15, 0.2) is 0 Å². The standard InChI is InChI=1S/C13H14N4/c1-9-6-10-4-5-12(15-13(10)17(9)3)11-7-14-16(2)8-11/h4-8H,1-3H3. The van der Waals surface area contributed by atoms with Crippen LogP contribution in [-0.4, -0.2) is 19.3 Å². The SMILES string of the molecule is Cc1cc2ccc(-c3cnn(C)c3)nc2n1C. The van der Waals surface area contributed by atoms with Crippen molar-refractivity contribution in [3.63, 3.8) is 0 Å². The van der Waals surface area contributed by atoms with Gasteiger partial charge in [-0.3, -0.25) is 4.68 Å². The maximum absolute atomic E-state index is 4.69. The van der Waals surface area contributed by atoms with Crippen molar-refractivity contribution < 1.29 is 0 Å². The first-order chi connectivity index (χ1) is 8.15. The van der Waals surface area contributed by atoms with Crippen molar-refractivity contribution in [1.82, 2.24) is 19.3 Å². The number of aryl methyl sites for hydroxylation is 3. The maximum Gasteiger partial charge on any atom is 0.140 e. The average molecular weight is 226 g/mol. The molecule has 3 rings (SSSR count). The van der Waals surface area contributed by atoms with Crippen LogP contribution >= 0.6 is 0 Å². The summed E-state index contributed by atoms with van der Waals surface area (Å²) in [5, 5.41) is 5.35. The highest BCUT2D eigenvalue weighted by atomic mass is 15.2. The monoisotopic (exact) mass is 226 g/mol. The number of rotatable bonds is 1. The lowest BCUT2D eigenvalue weighted by atomic mass is 10.2. The van der Waals surface area contributed by atoms with Crippen molar-refractivity contribution >= 4 is 11.0 Å². The Kier molecular flexibility index (Phi) is 2.04. The van der Waals surface area contributed by atoms with E-state index >= 15 is 0 Å². The number of aromatic nitrogens is 4. The van der Waals surface area contributed by atoms with E-state index in [1.54, 1.807) is 4.68 Å². The Morgan fingerprint density at radius 2 is 2.00 bits per heavy atom. The van der Waals surface area contributed by atoms with Gasteiger partial charge in [0.1, 0.15) is 5.65 Å². The van der Waals surface area contributed by atoms with Gasteiger partial charge in [-0.2, -0.15) is 5.10 Å². The molecule has 0 amide bonds. The Hall–Kier alpha value is -2.10. The molecule has 0 atom stereocenters. The second kappa shape index (κ2) is 3.45. The Labute approximate surface area is 99.5 Å². The number of hydrogen-bond donors (Lipinski definition) is 0. The van der Waals surface area contributed by atoms with Crippen molar-refractivity contribution in [3.8, 4) is 11.3 Å². The van der Waals surface area contributed by atoms with E-state index in [0.29, 0.717) is 0 Å². The minimum absolute atomic E-state index is 0.965. The molecule has 17 heavy (non-hydrogen) atoms. The largest absolute Gasteiger partial charge is 0.333 e. The topological polar surface area (TPSA) is 35.6 Å². The predicted molar refractivity (Wildman–Crippen MR) is 67.7 cm³/mol. The van der Waals surface area contributed by atoms with E-state index in [1.807, 2.05) is 32.6 Å². The van der Waals surface area contributed by atoms with E-state index in [1.165, 1.54) is 11.1 Å². The van der Waals surface area contributed by atoms with Crippen LogP contribution in [0.5, 0.6) is 0 Å². The van der Waals surface area contributed by atoms with Gasteiger partial charge in [-0.25, -0.2) is 4.98 Å². The average Bonchev–Trinajstić information content (AvgIpc) is 2.85. The summed E-state index contributed by atoms with van der Waals surface area (Å²) < 4.78 is 3.90. The smallest absolute Gasteiger partial charge is 0.140 e. The van der Waals surface area contributed by atoms with Crippen molar-refractivity contribution in [1.29, 1.82) is 0 Å². The summed E-state index contributed by atoms with van der Waals surface area (Å²) in [7, 11) is 3.95. The zero-order valence-electron chi connectivity index (χ0n) is 10.2. The normalized spacial score (nSPS) is 11.2. The molecule has 3 aromatic rings. The Morgan fingerprint density at radius 3 is 2.71 bits per heavy atom. The van der Waals surface area contributed by atoms with Gasteiger partial charge in [0.2, 0.25) is 0 Å². The molecule has 0 spiro atoms. The highest BCUT2D eigenvalue weighted by Gasteiger charge is 2.07. The van der Waals surface area contributed by atoms with Crippen molar-refractivity contribution in [3.05, 3.63) is 36.3 Å². The summed E-state index contributed by atoms with van der Waals surface area (Å²) in [6.45, 7) is 2.09. The second-order valence-electron chi connectivity index (χ2n) is 4.36. The summed E-state index contributed by atoms with van der Waals surface area (Å²) in [5.41, 5.74) is 4.25. The van der Waals surface area contributed by atoms with Crippen LogP contribution in [0.25, 0.3) is 22.3 Å². The summed E-state index contributed by atoms with van der Waals surface area (Å²) in [5.74, 6) is 0. The van der Waals surface area contributed by atoms with Crippen LogP contribution in [0.15, 0.2) is 30.6 Å². The Morgan fingerprint density at radius 1 is 1.18 bits per heavy atom. The second-order valence-corrected chi connectivity index (χ2v) is 4.36. The van der Waals surface area contributed by atoms with E-state index in [4.69, 9.17) is 0 Å². The minimum atomic E-state index is 0.965. The molecule has 0 fully saturated rings. The first-order valence-corrected chi connectivity index (χ1v) is 5.57. The van der Waals surface area contributed by atoms with E-state index in [9.17, 15) is 0 Å². The minimum Gasteiger partial charge on any atom is -0.333 e. The van der Waals surface area contributed by atoms with E-state index in [2.05, 4.69) is 33.7 Å². The molecular weight excluding hydrogens is 212 g/mol. The van der Waals surface area contributed by atoms with Gasteiger partial charge in [-0.15, -0.1) is 0 Å². The fraction of sp³-hybridized carbons (Fsp3) is 0.231. The summed E-state index contributed by atoms with van der Waals surface area (Å²) in [4.78, 5) is 4.69. The molecule has 0 N–H and O–H groups in total. The number of nitrogens with zero attached hydrogens (tertiary/aromatic N) is 4. The van der Waals surface area contributed by atoms with Crippen LogP contribution in [0.4, 0.5) is 0 Å². The molecule has 0 radical (unpaired) electrons. The summed E-state index contributed by atoms with van der Waals surface area (Å²) in [6.07, 6.45) is 3.81. The maximum atomic E-state index is 4.69. The molecule has 4 nitrogen and oxygen atoms in total. The Bertz CT molecular complexity index is 691. The molecule has 3 heterocycles. The van der Waals surface area contributed by atoms with Crippen molar-refractivity contribution in [2.45, 2.75) is 6.92 Å². The number of pyridine rings is 1. The van der Waals surface area contributed by atoms with Crippen molar-refractivity contribution in [2.24, 2.45) is 14.1 Å². The first-order valence-electron chi connectivity index (χ1n) is 5.57. The number of hydrogen-bond acceptors (Lipinski definition) is 2. The molecule has 0 aliphatic carbocycles. The zero-order valence-corrected chi connectivity index (χ0v) is 10.2. The zero-order chi connectivity index (χ0) is 12.0. The first kappa shape index (κ1) is 10.1. The van der Waals surface area contributed by atoms with Gasteiger partial charge in [0.25, 0.3) is 0 Å². The molecule has 0 aromatic carbocycles. The lowest BCUT2D eigenvalue weighted by Gasteiger charge is -2.00. The van der Waals surface area contributed by atoms with Gasteiger partial charge < -0.3 is 4.57 Å². The lowest BCUT2D eigenvalue weighted by Crippen LogP contribution is -1.93. The molecule has 0 saturated heterocycles. The molecule has 0 unspecified atom stereocenters. The quantitative estimate of drug-likeness (QED) is 0.638. The van der Waals surface area contributed by atoms with Crippen LogP contribution in [0.2, 0.25) is 0 Å². The lowest BCUT2D eigenvalue weighted by molar-refractivity contribution is 0.768. The van der Waals surface area contributed by atoms with E-state index in [0.717, 1.165) is 16.9 Å². The fourth-order valence-corrected chi connectivity index (χ4v) is 2.04. The third-order valence-corrected chi connectivity index (χ3v) is 3.12. The van der Waals surface area contributed by atoms with Crippen LogP contribution in [0, 0.1) is 6.92 Å². The van der Waals surface area contributed by atoms with E-state index < -0.39 is 0 Å². The third-order valence-electron chi connectivity index (χ3n) is 3.12. The van der Waals surface area contributed by atoms with Gasteiger partial charge >= 0.3 is 0 Å². The van der Waals surface area contributed by atoms with Crippen LogP contribution < -0.4 is 0 Å². The molecular formula is C13H14N4. The molecule has 4 heteroatoms. The molecule has 3 aromatic heterocycles. The predicted octanol–water partition coefficient (Wildman–Crippen LogP) is 2.28. The summed E-state index contributed by atoms with van der Waals surface area (Å²) >= 11 is 0. The van der Waals surface area contributed by atoms with Gasteiger partial charge in [-0.05, 0) is 25.1 Å². The highest BCUT2D eigenvalue weighted by molar-refractivity contribution is 5.80. The van der Waals surface area contributed by atoms with E-state index in [-0.39, 0.29) is 0 Å². The molecule has 86 valence electrons. The van der Waals surface area contributed by atoms with Crippen LogP contribution in [0.3, 0.4) is 0 Å². The van der Waals surface area contributed by atoms with Gasteiger partial charge in [-0.1, -0.05) is 0 Å². The molecule has 0 aliphatic rings. The third kappa shape index (κ3) is 1.53. The van der Waals surface area contributed by atoms with Gasteiger partial charge in [0.05, 0.1) is 11.9 Å².